The van der Waals surface area contributed by atoms with Gasteiger partial charge in [-0.2, -0.15) is 0 Å². The predicted molar refractivity (Wildman–Crippen MR) is 120 cm³/mol. The summed E-state index contributed by atoms with van der Waals surface area (Å²) in [5.74, 6) is 2.66. The minimum absolute atomic E-state index is 0.305. The second kappa shape index (κ2) is 12.5. The van der Waals surface area contributed by atoms with E-state index in [0.29, 0.717) is 36.0 Å². The minimum Gasteiger partial charge on any atom is -0.493 e. The number of nitrogens with one attached hydrogen (secondary N) is 2. The van der Waals surface area contributed by atoms with Crippen molar-refractivity contribution >= 4 is 5.96 Å². The lowest BCUT2D eigenvalue weighted by atomic mass is 10.2. The van der Waals surface area contributed by atoms with Gasteiger partial charge in [-0.1, -0.05) is 0 Å². The van der Waals surface area contributed by atoms with E-state index in [1.807, 2.05) is 12.1 Å². The van der Waals surface area contributed by atoms with E-state index in [2.05, 4.69) is 36.3 Å². The third-order valence-electron chi connectivity index (χ3n) is 4.93. The molecule has 8 heteroatoms. The van der Waals surface area contributed by atoms with Crippen LogP contribution < -0.4 is 24.8 Å². The zero-order valence-electron chi connectivity index (χ0n) is 19.3. The molecule has 1 aliphatic rings. The highest BCUT2D eigenvalue weighted by Gasteiger charge is 2.21. The van der Waals surface area contributed by atoms with Crippen LogP contribution in [-0.2, 0) is 11.3 Å². The van der Waals surface area contributed by atoms with Crippen LogP contribution >= 0.6 is 0 Å². The Bertz CT molecular complexity index is 648. The third kappa shape index (κ3) is 7.25. The van der Waals surface area contributed by atoms with E-state index in [1.165, 1.54) is 0 Å². The van der Waals surface area contributed by atoms with Gasteiger partial charge < -0.3 is 29.6 Å². The van der Waals surface area contributed by atoms with Crippen molar-refractivity contribution in [1.29, 1.82) is 0 Å². The van der Waals surface area contributed by atoms with Crippen LogP contribution in [0.1, 0.15) is 32.8 Å². The molecule has 1 fully saturated rings. The first-order valence-corrected chi connectivity index (χ1v) is 10.7. The molecule has 170 valence electrons. The Morgan fingerprint density at radius 1 is 1.07 bits per heavy atom. The van der Waals surface area contributed by atoms with Gasteiger partial charge in [-0.15, -0.1) is 0 Å². The van der Waals surface area contributed by atoms with Crippen LogP contribution in [0, 0.1) is 0 Å². The van der Waals surface area contributed by atoms with Crippen molar-refractivity contribution in [2.24, 2.45) is 4.99 Å². The summed E-state index contributed by atoms with van der Waals surface area (Å²) in [6.45, 7) is 11.6. The molecule has 1 aliphatic heterocycles. The van der Waals surface area contributed by atoms with Gasteiger partial charge in [0.1, 0.15) is 0 Å². The molecule has 8 nitrogen and oxygen atoms in total. The standard InChI is InChI=1S/C22H38N4O4/c1-7-23-22(24-9-8-10-26-14-16(2)30-17(3)15-26)25-13-18-11-19(27-4)21(29-6)20(12-18)28-5/h11-12,16-17H,7-10,13-15H2,1-6H3,(H2,23,24,25). The average molecular weight is 423 g/mol. The topological polar surface area (TPSA) is 76.6 Å². The van der Waals surface area contributed by atoms with Crippen molar-refractivity contribution in [3.63, 3.8) is 0 Å². The molecule has 30 heavy (non-hydrogen) atoms. The maximum Gasteiger partial charge on any atom is 0.203 e. The largest absolute Gasteiger partial charge is 0.493 e. The monoisotopic (exact) mass is 422 g/mol. The number of nitrogens with zero attached hydrogens (tertiary/aromatic N) is 2. The zero-order valence-corrected chi connectivity index (χ0v) is 19.3. The molecule has 2 unspecified atom stereocenters. The van der Waals surface area contributed by atoms with Crippen molar-refractivity contribution in [3.05, 3.63) is 17.7 Å². The second-order valence-electron chi connectivity index (χ2n) is 7.53. The quantitative estimate of drug-likeness (QED) is 0.340. The molecule has 2 N–H and O–H groups in total. The number of aliphatic imine (C=N–C) groups is 1. The fourth-order valence-corrected chi connectivity index (χ4v) is 3.72. The minimum atomic E-state index is 0.305. The van der Waals surface area contributed by atoms with Crippen LogP contribution in [0.2, 0.25) is 0 Å². The number of morpholine rings is 1. The predicted octanol–water partition coefficient (Wildman–Crippen LogP) is 2.27. The lowest BCUT2D eigenvalue weighted by molar-refractivity contribution is -0.0679. The highest BCUT2D eigenvalue weighted by Crippen LogP contribution is 2.38. The number of hydrogen-bond acceptors (Lipinski definition) is 6. The van der Waals surface area contributed by atoms with Gasteiger partial charge in [-0.3, -0.25) is 4.90 Å². The van der Waals surface area contributed by atoms with Gasteiger partial charge in [0.2, 0.25) is 5.75 Å². The van der Waals surface area contributed by atoms with E-state index in [0.717, 1.165) is 50.7 Å². The van der Waals surface area contributed by atoms with Gasteiger partial charge in [-0.25, -0.2) is 4.99 Å². The van der Waals surface area contributed by atoms with E-state index in [9.17, 15) is 0 Å². The van der Waals surface area contributed by atoms with Crippen LogP contribution in [0.4, 0.5) is 0 Å². The fourth-order valence-electron chi connectivity index (χ4n) is 3.72. The van der Waals surface area contributed by atoms with Gasteiger partial charge in [0.05, 0.1) is 40.1 Å². The zero-order chi connectivity index (χ0) is 21.9. The van der Waals surface area contributed by atoms with Gasteiger partial charge in [0, 0.05) is 32.7 Å². The van der Waals surface area contributed by atoms with E-state index in [1.54, 1.807) is 21.3 Å². The van der Waals surface area contributed by atoms with Crippen molar-refractivity contribution in [3.8, 4) is 17.2 Å². The lowest BCUT2D eigenvalue weighted by Crippen LogP contribution is -2.46. The van der Waals surface area contributed by atoms with Crippen molar-refractivity contribution in [2.45, 2.75) is 45.9 Å². The molecular weight excluding hydrogens is 384 g/mol. The third-order valence-corrected chi connectivity index (χ3v) is 4.93. The van der Waals surface area contributed by atoms with Gasteiger partial charge in [0.25, 0.3) is 0 Å². The molecule has 2 atom stereocenters. The van der Waals surface area contributed by atoms with Crippen molar-refractivity contribution in [2.75, 3.05) is 54.1 Å². The molecule has 1 saturated heterocycles. The first kappa shape index (κ1) is 24.1. The summed E-state index contributed by atoms with van der Waals surface area (Å²) < 4.78 is 22.0. The molecule has 0 aliphatic carbocycles. The van der Waals surface area contributed by atoms with Gasteiger partial charge in [0.15, 0.2) is 17.5 Å². The number of benzene rings is 1. The van der Waals surface area contributed by atoms with E-state index in [4.69, 9.17) is 23.9 Å². The lowest BCUT2D eigenvalue weighted by Gasteiger charge is -2.35. The van der Waals surface area contributed by atoms with Crippen LogP contribution in [-0.4, -0.2) is 77.1 Å². The molecule has 0 bridgehead atoms. The Morgan fingerprint density at radius 3 is 2.23 bits per heavy atom. The van der Waals surface area contributed by atoms with Gasteiger partial charge in [-0.05, 0) is 44.9 Å². The molecule has 0 radical (unpaired) electrons. The summed E-state index contributed by atoms with van der Waals surface area (Å²) in [5.41, 5.74) is 0.984. The Hall–Kier alpha value is -2.19. The summed E-state index contributed by atoms with van der Waals surface area (Å²) in [5, 5.41) is 6.73. The van der Waals surface area contributed by atoms with Crippen LogP contribution in [0.3, 0.4) is 0 Å². The first-order chi connectivity index (χ1) is 14.5. The smallest absolute Gasteiger partial charge is 0.203 e. The van der Waals surface area contributed by atoms with Crippen LogP contribution in [0.5, 0.6) is 17.2 Å². The summed E-state index contributed by atoms with van der Waals surface area (Å²) >= 11 is 0. The molecule has 0 spiro atoms. The molecule has 1 aromatic carbocycles. The Kier molecular flexibility index (Phi) is 10.0. The first-order valence-electron chi connectivity index (χ1n) is 10.7. The van der Waals surface area contributed by atoms with E-state index < -0.39 is 0 Å². The molecule has 0 amide bonds. The maximum absolute atomic E-state index is 5.80. The van der Waals surface area contributed by atoms with Crippen molar-refractivity contribution in [1.82, 2.24) is 15.5 Å². The SMILES string of the molecule is CCNC(=NCc1cc(OC)c(OC)c(OC)c1)NCCCN1CC(C)OC(C)C1. The summed E-state index contributed by atoms with van der Waals surface area (Å²) in [6, 6.07) is 3.85. The van der Waals surface area contributed by atoms with Crippen molar-refractivity contribution < 1.29 is 18.9 Å². The Morgan fingerprint density at radius 2 is 1.70 bits per heavy atom. The summed E-state index contributed by atoms with van der Waals surface area (Å²) in [4.78, 5) is 7.18. The number of guanidine groups is 1. The summed E-state index contributed by atoms with van der Waals surface area (Å²) in [6.07, 6.45) is 1.66. The maximum atomic E-state index is 5.80. The number of rotatable bonds is 10. The molecule has 2 rings (SSSR count). The number of ether oxygens (including phenoxy) is 4. The molecule has 0 saturated carbocycles. The fraction of sp³-hybridized carbons (Fsp3) is 0.682. The summed E-state index contributed by atoms with van der Waals surface area (Å²) in [7, 11) is 4.83. The molecule has 1 heterocycles. The number of hydrogen-bond donors (Lipinski definition) is 2. The van der Waals surface area contributed by atoms with Crippen LogP contribution in [0.15, 0.2) is 17.1 Å². The molecule has 0 aromatic heterocycles. The number of methoxy groups -OCH3 is 3. The van der Waals surface area contributed by atoms with E-state index >= 15 is 0 Å². The highest BCUT2D eigenvalue weighted by molar-refractivity contribution is 5.79. The highest BCUT2D eigenvalue weighted by atomic mass is 16.5. The van der Waals surface area contributed by atoms with Crippen LogP contribution in [0.25, 0.3) is 0 Å². The normalized spacial score (nSPS) is 20.0. The molecule has 1 aromatic rings. The second-order valence-corrected chi connectivity index (χ2v) is 7.53. The molecular formula is C22H38N4O4. The van der Waals surface area contributed by atoms with E-state index in [-0.39, 0.29) is 0 Å². The Balaban J connectivity index is 1.91. The Labute approximate surface area is 180 Å². The van der Waals surface area contributed by atoms with Gasteiger partial charge >= 0.3 is 0 Å². The average Bonchev–Trinajstić information content (AvgIpc) is 2.73.